The van der Waals surface area contributed by atoms with E-state index >= 15 is 0 Å². The van der Waals surface area contributed by atoms with Crippen LogP contribution in [-0.4, -0.2) is 97.7 Å². The van der Waals surface area contributed by atoms with Crippen LogP contribution in [0.4, 0.5) is 0 Å². The van der Waals surface area contributed by atoms with Gasteiger partial charge in [-0.15, -0.1) is 0 Å². The first-order valence-corrected chi connectivity index (χ1v) is 9.21. The van der Waals surface area contributed by atoms with Gasteiger partial charge in [-0.05, 0) is 19.3 Å². The maximum atomic E-state index is 11.7. The van der Waals surface area contributed by atoms with Gasteiger partial charge < -0.3 is 46.1 Å². The number of amides is 2. The van der Waals surface area contributed by atoms with Gasteiger partial charge in [-0.25, -0.2) is 9.59 Å². The number of aliphatic hydroxyl groups excluding tert-OH is 4. The molecule has 0 saturated carbocycles. The van der Waals surface area contributed by atoms with Crippen LogP contribution in [0.15, 0.2) is 0 Å². The molecular weight excluding hydrogens is 408 g/mol. The Hall–Kier alpha value is -2.61. The summed E-state index contributed by atoms with van der Waals surface area (Å²) >= 11 is 0. The van der Waals surface area contributed by atoms with Crippen LogP contribution in [0.2, 0.25) is 0 Å². The smallest absolute Gasteiger partial charge is 0.335 e. The van der Waals surface area contributed by atoms with Crippen molar-refractivity contribution in [2.45, 2.75) is 69.0 Å². The maximum absolute atomic E-state index is 11.7. The number of hydrogen-bond acceptors (Lipinski definition) is 9. The summed E-state index contributed by atoms with van der Waals surface area (Å²) in [5.41, 5.74) is 0. The molecule has 5 atom stereocenters. The van der Waals surface area contributed by atoms with Gasteiger partial charge in [-0.3, -0.25) is 9.59 Å². The van der Waals surface area contributed by atoms with E-state index in [0.29, 0.717) is 25.5 Å². The summed E-state index contributed by atoms with van der Waals surface area (Å²) in [5, 5.41) is 59.7. The summed E-state index contributed by atoms with van der Waals surface area (Å²) in [6.07, 6.45) is -7.27. The van der Waals surface area contributed by atoms with Gasteiger partial charge in [-0.1, -0.05) is 6.42 Å². The van der Waals surface area contributed by atoms with E-state index in [0.717, 1.165) is 0 Å². The third kappa shape index (κ3) is 10.2. The number of carbonyl (C=O) groups excluding carboxylic acids is 3. The van der Waals surface area contributed by atoms with E-state index in [4.69, 9.17) is 15.3 Å². The SMILES string of the molecule is O=CCC[C@H](NC(=O)CCCCCNC(=O)[C@H](O)[C@H](O)[C@H](O)[C@@H](O)C(=O)O)C(=O)O. The third-order valence-corrected chi connectivity index (χ3v) is 4.10. The Labute approximate surface area is 171 Å². The molecule has 0 aromatic carbocycles. The lowest BCUT2D eigenvalue weighted by atomic mass is 10.0. The van der Waals surface area contributed by atoms with E-state index in [-0.39, 0.29) is 25.8 Å². The quantitative estimate of drug-likeness (QED) is 0.0883. The van der Waals surface area contributed by atoms with Crippen molar-refractivity contribution in [2.24, 2.45) is 0 Å². The molecule has 0 aliphatic rings. The van der Waals surface area contributed by atoms with Crippen molar-refractivity contribution < 1.29 is 54.6 Å². The highest BCUT2D eigenvalue weighted by Crippen LogP contribution is 2.06. The van der Waals surface area contributed by atoms with E-state index in [1.165, 1.54) is 0 Å². The average Bonchev–Trinajstić information content (AvgIpc) is 2.70. The van der Waals surface area contributed by atoms with Crippen LogP contribution in [0.1, 0.15) is 38.5 Å². The van der Waals surface area contributed by atoms with Gasteiger partial charge in [0, 0.05) is 19.4 Å². The molecule has 0 aliphatic heterocycles. The van der Waals surface area contributed by atoms with Gasteiger partial charge in [-0.2, -0.15) is 0 Å². The van der Waals surface area contributed by atoms with Crippen LogP contribution in [0.5, 0.6) is 0 Å². The largest absolute Gasteiger partial charge is 0.480 e. The number of nitrogens with one attached hydrogen (secondary N) is 2. The van der Waals surface area contributed by atoms with Crippen molar-refractivity contribution in [2.75, 3.05) is 6.54 Å². The van der Waals surface area contributed by atoms with Gasteiger partial charge in [0.05, 0.1) is 0 Å². The molecule has 0 saturated heterocycles. The highest BCUT2D eigenvalue weighted by Gasteiger charge is 2.37. The van der Waals surface area contributed by atoms with Crippen LogP contribution < -0.4 is 10.6 Å². The molecule has 0 aromatic rings. The Balaban J connectivity index is 4.13. The summed E-state index contributed by atoms with van der Waals surface area (Å²) < 4.78 is 0. The van der Waals surface area contributed by atoms with Gasteiger partial charge in [0.15, 0.2) is 12.2 Å². The van der Waals surface area contributed by atoms with Crippen LogP contribution in [0.25, 0.3) is 0 Å². The van der Waals surface area contributed by atoms with E-state index in [1.54, 1.807) is 0 Å². The minimum atomic E-state index is -2.38. The molecule has 8 N–H and O–H groups in total. The fraction of sp³-hybridized carbons (Fsp3) is 0.706. The number of carboxylic acids is 2. The predicted molar refractivity (Wildman–Crippen MR) is 98.0 cm³/mol. The average molecular weight is 436 g/mol. The zero-order valence-electron chi connectivity index (χ0n) is 16.1. The Morgan fingerprint density at radius 1 is 0.833 bits per heavy atom. The Morgan fingerprint density at radius 3 is 1.97 bits per heavy atom. The molecule has 0 heterocycles. The number of carbonyl (C=O) groups is 5. The molecule has 0 aliphatic carbocycles. The molecular formula is C17H28N2O11. The maximum Gasteiger partial charge on any atom is 0.335 e. The molecule has 0 bridgehead atoms. The summed E-state index contributed by atoms with van der Waals surface area (Å²) in [7, 11) is 0. The van der Waals surface area contributed by atoms with E-state index < -0.39 is 54.2 Å². The fourth-order valence-electron chi connectivity index (χ4n) is 2.34. The normalized spacial score (nSPS) is 15.9. The molecule has 172 valence electrons. The number of aliphatic carboxylic acids is 2. The summed E-state index contributed by atoms with van der Waals surface area (Å²) in [6, 6.07) is -1.15. The number of unbranched alkanes of at least 4 members (excludes halogenated alkanes) is 2. The molecule has 0 fully saturated rings. The first-order valence-electron chi connectivity index (χ1n) is 9.21. The van der Waals surface area contributed by atoms with E-state index in [1.807, 2.05) is 0 Å². The first kappa shape index (κ1) is 27.4. The summed E-state index contributed by atoms with van der Waals surface area (Å²) in [4.78, 5) is 55.2. The molecule has 0 unspecified atom stereocenters. The van der Waals surface area contributed by atoms with Crippen molar-refractivity contribution in [1.82, 2.24) is 10.6 Å². The predicted octanol–water partition coefficient (Wildman–Crippen LogP) is -3.26. The molecule has 13 heteroatoms. The van der Waals surface area contributed by atoms with E-state index in [2.05, 4.69) is 10.6 Å². The number of carboxylic acid groups (broad SMARTS) is 2. The van der Waals surface area contributed by atoms with Gasteiger partial charge in [0.1, 0.15) is 24.5 Å². The number of aliphatic hydroxyl groups is 4. The van der Waals surface area contributed by atoms with Gasteiger partial charge in [0.2, 0.25) is 5.91 Å². The summed E-state index contributed by atoms with van der Waals surface area (Å²) in [6.45, 7) is 0.0406. The van der Waals surface area contributed by atoms with Crippen LogP contribution in [0.3, 0.4) is 0 Å². The first-order chi connectivity index (χ1) is 14.0. The number of aldehydes is 1. The second-order valence-corrected chi connectivity index (χ2v) is 6.51. The van der Waals surface area contributed by atoms with Gasteiger partial charge in [0.25, 0.3) is 5.91 Å². The number of rotatable bonds is 16. The standard InChI is InChI=1S/C17H28N2O11/c20-8-4-5-9(16(27)28)19-10(21)6-2-1-3-7-18-15(26)13(24)11(22)12(23)14(25)17(29)30/h8-9,11-14,22-25H,1-7H2,(H,18,26)(H,19,21)(H,27,28)(H,29,30)/t9-,11+,12-,13+,14+/m0/s1. The Morgan fingerprint density at radius 2 is 1.43 bits per heavy atom. The van der Waals surface area contributed by atoms with Gasteiger partial charge >= 0.3 is 11.9 Å². The highest BCUT2D eigenvalue weighted by molar-refractivity contribution is 5.83. The van der Waals surface area contributed by atoms with Crippen molar-refractivity contribution in [3.8, 4) is 0 Å². The monoisotopic (exact) mass is 436 g/mol. The molecule has 13 nitrogen and oxygen atoms in total. The van der Waals surface area contributed by atoms with Crippen molar-refractivity contribution in [3.63, 3.8) is 0 Å². The van der Waals surface area contributed by atoms with Crippen molar-refractivity contribution >= 4 is 30.0 Å². The zero-order chi connectivity index (χ0) is 23.3. The van der Waals surface area contributed by atoms with Crippen molar-refractivity contribution in [1.29, 1.82) is 0 Å². The number of hydrogen-bond donors (Lipinski definition) is 8. The third-order valence-electron chi connectivity index (χ3n) is 4.10. The lowest BCUT2D eigenvalue weighted by Crippen LogP contribution is -2.52. The molecule has 0 radical (unpaired) electrons. The molecule has 2 amide bonds. The fourth-order valence-corrected chi connectivity index (χ4v) is 2.34. The van der Waals surface area contributed by atoms with E-state index in [9.17, 15) is 39.3 Å². The lowest BCUT2D eigenvalue weighted by molar-refractivity contribution is -0.166. The Bertz CT molecular complexity index is 598. The Kier molecular flexibility index (Phi) is 13.1. The minimum absolute atomic E-state index is 0.00376. The van der Waals surface area contributed by atoms with Crippen LogP contribution in [-0.2, 0) is 24.0 Å². The molecule has 0 aromatic heterocycles. The summed E-state index contributed by atoms with van der Waals surface area (Å²) in [5.74, 6) is -4.66. The molecule has 30 heavy (non-hydrogen) atoms. The minimum Gasteiger partial charge on any atom is -0.480 e. The van der Waals surface area contributed by atoms with Crippen molar-refractivity contribution in [3.05, 3.63) is 0 Å². The second-order valence-electron chi connectivity index (χ2n) is 6.51. The lowest BCUT2D eigenvalue weighted by Gasteiger charge is -2.23. The zero-order valence-corrected chi connectivity index (χ0v) is 16.1. The second kappa shape index (κ2) is 14.4. The molecule has 0 spiro atoms. The molecule has 0 rings (SSSR count). The van der Waals surface area contributed by atoms with Crippen LogP contribution in [0, 0.1) is 0 Å². The highest BCUT2D eigenvalue weighted by atomic mass is 16.4. The van der Waals surface area contributed by atoms with Crippen LogP contribution >= 0.6 is 0 Å². The topological polar surface area (TPSA) is 231 Å².